The molecule has 254 valence electrons. The standard InChI is InChI=1S/C37H53NO8/c1-21(2)14-25(6)33-26(7)31(38-42-8)19-36(46-33)18-29-17-28(45-36)13-12-23(4)15-22(3)10-9-11-27-20-43-34-32(39)24(5)16-30(35(40)44-29)37(27,34)41/h9-12,14,16,21-22,24,26,28-29,32-34,39,41H,13,15,17-20H2,1-8H3/b10-9+,23-12+,25-14+,27-11+,38-31+/t22-,24?,26-,28+,29-,32+,33+,34+,36-,37+/m0/s1. The highest BCUT2D eigenvalue weighted by molar-refractivity contribution is 5.93. The number of hydrogen-bond acceptors (Lipinski definition) is 9. The lowest BCUT2D eigenvalue weighted by atomic mass is 9.72. The Kier molecular flexibility index (Phi) is 10.5. The molecule has 10 atom stereocenters. The fourth-order valence-corrected chi connectivity index (χ4v) is 7.87. The smallest absolute Gasteiger partial charge is 0.337 e. The van der Waals surface area contributed by atoms with E-state index in [1.54, 1.807) is 13.2 Å². The number of carbonyl (C=O) groups excluding carboxylic acids is 1. The molecule has 0 amide bonds. The molecule has 1 aliphatic carbocycles. The molecule has 3 fully saturated rings. The summed E-state index contributed by atoms with van der Waals surface area (Å²) in [5, 5.41) is 27.6. The zero-order valence-corrected chi connectivity index (χ0v) is 28.7. The van der Waals surface area contributed by atoms with Gasteiger partial charge in [-0.25, -0.2) is 4.79 Å². The molecule has 2 N–H and O–H groups in total. The lowest BCUT2D eigenvalue weighted by Gasteiger charge is -2.50. The van der Waals surface area contributed by atoms with Gasteiger partial charge in [0.1, 0.15) is 24.9 Å². The van der Waals surface area contributed by atoms with Gasteiger partial charge in [-0.15, -0.1) is 0 Å². The number of nitrogens with zero attached hydrogens (tertiary/aromatic N) is 1. The van der Waals surface area contributed by atoms with Crippen LogP contribution in [-0.4, -0.2) is 77.5 Å². The quantitative estimate of drug-likeness (QED) is 0.229. The van der Waals surface area contributed by atoms with Gasteiger partial charge in [-0.3, -0.25) is 0 Å². The number of allylic oxidation sites excluding steroid dienone is 5. The third-order valence-corrected chi connectivity index (χ3v) is 10.1. The number of esters is 1. The number of hydrogen-bond donors (Lipinski definition) is 2. The molecule has 5 rings (SSSR count). The lowest BCUT2D eigenvalue weighted by molar-refractivity contribution is -0.313. The fraction of sp³-hybridized carbons (Fsp3) is 0.676. The maximum Gasteiger partial charge on any atom is 0.337 e. The average Bonchev–Trinajstić information content (AvgIpc) is 3.31. The van der Waals surface area contributed by atoms with E-state index in [2.05, 4.69) is 64.9 Å². The molecule has 2 bridgehead atoms. The highest BCUT2D eigenvalue weighted by Gasteiger charge is 2.59. The van der Waals surface area contributed by atoms with Crippen molar-refractivity contribution in [2.24, 2.45) is 28.8 Å². The average molecular weight is 640 g/mol. The summed E-state index contributed by atoms with van der Waals surface area (Å²) in [6, 6.07) is 0. The molecule has 4 aliphatic heterocycles. The maximum absolute atomic E-state index is 14.1. The number of ether oxygens (including phenoxy) is 4. The van der Waals surface area contributed by atoms with E-state index in [-0.39, 0.29) is 36.2 Å². The Bertz CT molecular complexity index is 1340. The van der Waals surface area contributed by atoms with E-state index in [9.17, 15) is 15.0 Å². The summed E-state index contributed by atoms with van der Waals surface area (Å²) in [5.41, 5.74) is 1.99. The van der Waals surface area contributed by atoms with E-state index in [1.165, 1.54) is 5.57 Å². The summed E-state index contributed by atoms with van der Waals surface area (Å²) >= 11 is 0. The number of fused-ring (bicyclic) bond motifs is 2. The van der Waals surface area contributed by atoms with Gasteiger partial charge >= 0.3 is 5.97 Å². The second kappa shape index (κ2) is 13.9. The van der Waals surface area contributed by atoms with Crippen LogP contribution < -0.4 is 0 Å². The molecule has 46 heavy (non-hydrogen) atoms. The zero-order valence-electron chi connectivity index (χ0n) is 28.7. The van der Waals surface area contributed by atoms with Crippen LogP contribution in [0.15, 0.2) is 63.9 Å². The molecule has 0 aromatic rings. The van der Waals surface area contributed by atoms with Crippen LogP contribution in [0, 0.1) is 23.7 Å². The van der Waals surface area contributed by atoms with Gasteiger partial charge in [0.2, 0.25) is 0 Å². The Labute approximate surface area is 274 Å². The van der Waals surface area contributed by atoms with Gasteiger partial charge in [-0.05, 0) is 49.7 Å². The predicted molar refractivity (Wildman–Crippen MR) is 176 cm³/mol. The minimum absolute atomic E-state index is 0.0353. The van der Waals surface area contributed by atoms with Crippen molar-refractivity contribution in [2.75, 3.05) is 13.7 Å². The zero-order chi connectivity index (χ0) is 33.4. The summed E-state index contributed by atoms with van der Waals surface area (Å²) in [7, 11) is 1.55. The second-order valence-electron chi connectivity index (χ2n) is 14.5. The SMILES string of the molecule is CO/N=C1\C[C@]2(C[C@@H]3C[C@@H](C/C=C(\C)C[C@@H](C)/C=C/C=C4\CO[C@@H]5[C@H](O)C(C)C=C(C(=O)O3)[C@]45O)O2)O[C@H](/C(C)=C/C(C)C)[C@H]1C. The van der Waals surface area contributed by atoms with Crippen molar-refractivity contribution in [3.63, 3.8) is 0 Å². The Balaban J connectivity index is 1.56. The molecular formula is C37H53NO8. The highest BCUT2D eigenvalue weighted by Crippen LogP contribution is 2.47. The number of oxime groups is 1. The normalized spacial score (nSPS) is 44.5. The van der Waals surface area contributed by atoms with Gasteiger partial charge in [0.25, 0.3) is 0 Å². The Hall–Kier alpha value is -2.56. The minimum Gasteiger partial charge on any atom is -0.459 e. The van der Waals surface area contributed by atoms with Crippen LogP contribution in [0.5, 0.6) is 0 Å². The van der Waals surface area contributed by atoms with Crippen molar-refractivity contribution in [2.45, 2.75) is 122 Å². The van der Waals surface area contributed by atoms with Crippen LogP contribution in [0.2, 0.25) is 0 Å². The fourth-order valence-electron chi connectivity index (χ4n) is 7.87. The van der Waals surface area contributed by atoms with E-state index in [1.807, 2.05) is 19.1 Å². The van der Waals surface area contributed by atoms with E-state index < -0.39 is 41.6 Å². The van der Waals surface area contributed by atoms with Crippen LogP contribution in [0.3, 0.4) is 0 Å². The molecular weight excluding hydrogens is 586 g/mol. The molecule has 5 aliphatic rings. The van der Waals surface area contributed by atoms with Crippen LogP contribution in [-0.2, 0) is 28.6 Å². The van der Waals surface area contributed by atoms with Gasteiger partial charge < -0.3 is 34.0 Å². The van der Waals surface area contributed by atoms with Crippen LogP contribution in [0.1, 0.15) is 80.6 Å². The largest absolute Gasteiger partial charge is 0.459 e. The van der Waals surface area contributed by atoms with Crippen LogP contribution >= 0.6 is 0 Å². The van der Waals surface area contributed by atoms with Gasteiger partial charge in [0, 0.05) is 31.1 Å². The maximum atomic E-state index is 14.1. The summed E-state index contributed by atoms with van der Waals surface area (Å²) in [5.74, 6) is -1.59. The third kappa shape index (κ3) is 6.99. The molecule has 0 saturated carbocycles. The summed E-state index contributed by atoms with van der Waals surface area (Å²) in [6.45, 7) is 14.6. The lowest BCUT2D eigenvalue weighted by Crippen LogP contribution is -2.58. The molecule has 1 unspecified atom stereocenters. The molecule has 3 saturated heterocycles. The van der Waals surface area contributed by atoms with Gasteiger partial charge in [0.15, 0.2) is 5.79 Å². The Morgan fingerprint density at radius 2 is 1.96 bits per heavy atom. The van der Waals surface area contributed by atoms with Gasteiger partial charge in [0.05, 0.1) is 36.2 Å². The highest BCUT2D eigenvalue weighted by atomic mass is 16.7. The number of aliphatic hydroxyl groups is 2. The first kappa shape index (κ1) is 34.8. The molecule has 4 heterocycles. The molecule has 9 heteroatoms. The van der Waals surface area contributed by atoms with E-state index in [0.717, 1.165) is 17.7 Å². The second-order valence-corrected chi connectivity index (χ2v) is 14.5. The molecule has 9 nitrogen and oxygen atoms in total. The van der Waals surface area contributed by atoms with E-state index in [0.29, 0.717) is 37.2 Å². The monoisotopic (exact) mass is 639 g/mol. The van der Waals surface area contributed by atoms with Crippen molar-refractivity contribution >= 4 is 11.7 Å². The molecule has 0 aromatic carbocycles. The van der Waals surface area contributed by atoms with Crippen molar-refractivity contribution in [3.05, 3.63) is 58.7 Å². The summed E-state index contributed by atoms with van der Waals surface area (Å²) in [6.07, 6.45) is 11.4. The number of rotatable bonds is 3. The summed E-state index contributed by atoms with van der Waals surface area (Å²) < 4.78 is 26.0. The molecule has 0 radical (unpaired) electrons. The van der Waals surface area contributed by atoms with E-state index >= 15 is 0 Å². The Morgan fingerprint density at radius 1 is 1.20 bits per heavy atom. The first-order chi connectivity index (χ1) is 21.8. The first-order valence-electron chi connectivity index (χ1n) is 16.9. The number of aliphatic hydroxyl groups excluding tert-OH is 1. The van der Waals surface area contributed by atoms with Crippen LogP contribution in [0.25, 0.3) is 0 Å². The van der Waals surface area contributed by atoms with Gasteiger partial charge in [-0.1, -0.05) is 81.8 Å². The van der Waals surface area contributed by atoms with E-state index in [4.69, 9.17) is 23.8 Å². The molecule has 1 spiro atoms. The van der Waals surface area contributed by atoms with Gasteiger partial charge in [-0.2, -0.15) is 0 Å². The number of carbonyl (C=O) groups is 1. The Morgan fingerprint density at radius 3 is 2.67 bits per heavy atom. The minimum atomic E-state index is -1.80. The topological polar surface area (TPSA) is 116 Å². The van der Waals surface area contributed by atoms with Crippen LogP contribution in [0.4, 0.5) is 0 Å². The van der Waals surface area contributed by atoms with Crippen molar-refractivity contribution in [1.82, 2.24) is 0 Å². The molecule has 0 aromatic heterocycles. The summed E-state index contributed by atoms with van der Waals surface area (Å²) in [4.78, 5) is 19.4. The first-order valence-corrected chi connectivity index (χ1v) is 16.9. The predicted octanol–water partition coefficient (Wildman–Crippen LogP) is 5.73. The third-order valence-electron chi connectivity index (χ3n) is 10.1. The van der Waals surface area contributed by atoms with Crippen molar-refractivity contribution in [1.29, 1.82) is 0 Å². The van der Waals surface area contributed by atoms with Crippen molar-refractivity contribution < 1.29 is 38.8 Å². The van der Waals surface area contributed by atoms with Crippen molar-refractivity contribution in [3.8, 4) is 0 Å².